The van der Waals surface area contributed by atoms with E-state index in [-0.39, 0.29) is 11.2 Å². The molecule has 136 valence electrons. The van der Waals surface area contributed by atoms with Gasteiger partial charge in [0.25, 0.3) is 0 Å². The van der Waals surface area contributed by atoms with Gasteiger partial charge in [0.05, 0.1) is 10.1 Å². The normalized spacial score (nSPS) is 12.2. The number of rotatable bonds is 6. The zero-order valence-corrected chi connectivity index (χ0v) is 17.1. The molecule has 1 N–H and O–H groups in total. The number of amides is 1. The van der Waals surface area contributed by atoms with Gasteiger partial charge in [0.2, 0.25) is 5.91 Å². The van der Waals surface area contributed by atoms with Gasteiger partial charge in [-0.3, -0.25) is 4.79 Å². The van der Waals surface area contributed by atoms with Crippen molar-refractivity contribution in [1.29, 1.82) is 0 Å². The fourth-order valence-electron chi connectivity index (χ4n) is 2.42. The topological polar surface area (TPSA) is 59.8 Å². The molecule has 3 rings (SSSR count). The number of thioether (sulfide) groups is 1. The number of benzene rings is 1. The number of hydrogen-bond donors (Lipinski definition) is 1. The summed E-state index contributed by atoms with van der Waals surface area (Å²) in [6, 6.07) is 9.46. The Balaban J connectivity index is 1.74. The average Bonchev–Trinajstić information content (AvgIpc) is 3.27. The molecule has 5 nitrogen and oxygen atoms in total. The fourth-order valence-corrected chi connectivity index (χ4v) is 4.23. The second-order valence-corrected chi connectivity index (χ2v) is 8.43. The van der Waals surface area contributed by atoms with E-state index < -0.39 is 0 Å². The number of carbonyl (C=O) groups excluding carboxylic acids is 1. The minimum atomic E-state index is -0.320. The highest BCUT2D eigenvalue weighted by Crippen LogP contribution is 2.30. The summed E-state index contributed by atoms with van der Waals surface area (Å²) in [6.45, 7) is 6.58. The molecular formula is C18H19ClN4OS2. The molecule has 0 bridgehead atoms. The highest BCUT2D eigenvalue weighted by Gasteiger charge is 2.21. The van der Waals surface area contributed by atoms with Crippen LogP contribution >= 0.6 is 34.7 Å². The standard InChI is InChI=1S/C18H19ClN4OS2/c1-4-23-16(15-6-5-9-25-15)21-22-18(23)26-12(3)17(24)20-14-10-13(19)8-7-11(14)2/h5-10,12H,4H2,1-3H3,(H,20,24)/t12-/m0/s1. The molecule has 0 saturated heterocycles. The Morgan fingerprint density at radius 2 is 2.19 bits per heavy atom. The number of hydrogen-bond acceptors (Lipinski definition) is 5. The fraction of sp³-hybridized carbons (Fsp3) is 0.278. The molecule has 2 heterocycles. The lowest BCUT2D eigenvalue weighted by Gasteiger charge is -2.14. The maximum absolute atomic E-state index is 12.6. The Hall–Kier alpha value is -1.83. The number of thiophene rings is 1. The summed E-state index contributed by atoms with van der Waals surface area (Å²) in [7, 11) is 0. The first-order chi connectivity index (χ1) is 12.5. The van der Waals surface area contributed by atoms with E-state index in [1.165, 1.54) is 11.8 Å². The first-order valence-electron chi connectivity index (χ1n) is 8.20. The van der Waals surface area contributed by atoms with Gasteiger partial charge in [-0.1, -0.05) is 35.5 Å². The summed E-state index contributed by atoms with van der Waals surface area (Å²) >= 11 is 9.05. The van der Waals surface area contributed by atoms with Gasteiger partial charge in [-0.25, -0.2) is 0 Å². The molecule has 0 unspecified atom stereocenters. The zero-order chi connectivity index (χ0) is 18.7. The van der Waals surface area contributed by atoms with Gasteiger partial charge < -0.3 is 9.88 Å². The lowest BCUT2D eigenvalue weighted by atomic mass is 10.2. The maximum atomic E-state index is 12.6. The second-order valence-electron chi connectivity index (χ2n) is 5.74. The number of halogens is 1. The SMILES string of the molecule is CCn1c(S[C@@H](C)C(=O)Nc2cc(Cl)ccc2C)nnc1-c1cccs1. The van der Waals surface area contributed by atoms with Crippen LogP contribution in [0.4, 0.5) is 5.69 Å². The molecule has 26 heavy (non-hydrogen) atoms. The third-order valence-corrected chi connectivity index (χ3v) is 6.06. The molecular weight excluding hydrogens is 388 g/mol. The molecule has 0 aliphatic rings. The van der Waals surface area contributed by atoms with Crippen molar-refractivity contribution >= 4 is 46.3 Å². The van der Waals surface area contributed by atoms with Crippen LogP contribution in [-0.2, 0) is 11.3 Å². The number of carbonyl (C=O) groups is 1. The first-order valence-corrected chi connectivity index (χ1v) is 10.3. The van der Waals surface area contributed by atoms with Crippen LogP contribution in [0.25, 0.3) is 10.7 Å². The van der Waals surface area contributed by atoms with Gasteiger partial charge in [0, 0.05) is 17.3 Å². The Morgan fingerprint density at radius 3 is 2.88 bits per heavy atom. The summed E-state index contributed by atoms with van der Waals surface area (Å²) in [5.74, 6) is 0.743. The van der Waals surface area contributed by atoms with E-state index in [2.05, 4.69) is 15.5 Å². The summed E-state index contributed by atoms with van der Waals surface area (Å²) in [6.07, 6.45) is 0. The van der Waals surface area contributed by atoms with Crippen molar-refractivity contribution in [3.05, 3.63) is 46.3 Å². The van der Waals surface area contributed by atoms with Gasteiger partial charge in [-0.15, -0.1) is 21.5 Å². The van der Waals surface area contributed by atoms with Crippen LogP contribution < -0.4 is 5.32 Å². The van der Waals surface area contributed by atoms with Crippen LogP contribution in [0.3, 0.4) is 0 Å². The predicted octanol–water partition coefficient (Wildman–Crippen LogP) is 5.11. The average molecular weight is 407 g/mol. The molecule has 1 atom stereocenters. The van der Waals surface area contributed by atoms with Crippen LogP contribution in [0.15, 0.2) is 40.9 Å². The molecule has 1 amide bonds. The van der Waals surface area contributed by atoms with E-state index in [1.54, 1.807) is 23.5 Å². The lowest BCUT2D eigenvalue weighted by molar-refractivity contribution is -0.115. The van der Waals surface area contributed by atoms with Crippen molar-refractivity contribution in [2.75, 3.05) is 5.32 Å². The van der Waals surface area contributed by atoms with Crippen molar-refractivity contribution in [1.82, 2.24) is 14.8 Å². The van der Waals surface area contributed by atoms with E-state index in [9.17, 15) is 4.79 Å². The van der Waals surface area contributed by atoms with Crippen molar-refractivity contribution < 1.29 is 4.79 Å². The third kappa shape index (κ3) is 4.11. The van der Waals surface area contributed by atoms with Crippen molar-refractivity contribution in [3.63, 3.8) is 0 Å². The quantitative estimate of drug-likeness (QED) is 0.578. The maximum Gasteiger partial charge on any atom is 0.237 e. The van der Waals surface area contributed by atoms with Gasteiger partial charge in [-0.2, -0.15) is 0 Å². The number of nitrogens with zero attached hydrogens (tertiary/aromatic N) is 3. The van der Waals surface area contributed by atoms with E-state index in [1.807, 2.05) is 48.9 Å². The van der Waals surface area contributed by atoms with Crippen LogP contribution in [0.2, 0.25) is 5.02 Å². The van der Waals surface area contributed by atoms with Crippen LogP contribution in [-0.4, -0.2) is 25.9 Å². The number of nitrogens with one attached hydrogen (secondary N) is 1. The van der Waals surface area contributed by atoms with Crippen molar-refractivity contribution in [2.45, 2.75) is 37.7 Å². The van der Waals surface area contributed by atoms with Gasteiger partial charge in [0.15, 0.2) is 11.0 Å². The smallest absolute Gasteiger partial charge is 0.237 e. The highest BCUT2D eigenvalue weighted by atomic mass is 35.5. The number of aryl methyl sites for hydroxylation is 1. The van der Waals surface area contributed by atoms with Crippen LogP contribution in [0.5, 0.6) is 0 Å². The Morgan fingerprint density at radius 1 is 1.38 bits per heavy atom. The molecule has 2 aromatic heterocycles. The number of aromatic nitrogens is 3. The number of anilines is 1. The molecule has 0 aliphatic carbocycles. The molecule has 0 saturated carbocycles. The molecule has 0 aliphatic heterocycles. The van der Waals surface area contributed by atoms with Crippen LogP contribution in [0, 0.1) is 6.92 Å². The summed E-state index contributed by atoms with van der Waals surface area (Å²) < 4.78 is 2.03. The second kappa shape index (κ2) is 8.24. The van der Waals surface area contributed by atoms with Crippen molar-refractivity contribution in [3.8, 4) is 10.7 Å². The summed E-state index contributed by atoms with van der Waals surface area (Å²) in [5.41, 5.74) is 1.70. The monoisotopic (exact) mass is 406 g/mol. The minimum Gasteiger partial charge on any atom is -0.325 e. The third-order valence-electron chi connectivity index (χ3n) is 3.88. The highest BCUT2D eigenvalue weighted by molar-refractivity contribution is 8.00. The largest absolute Gasteiger partial charge is 0.325 e. The van der Waals surface area contributed by atoms with E-state index in [0.29, 0.717) is 5.02 Å². The molecule has 1 aromatic carbocycles. The first kappa shape index (κ1) is 18.9. The van der Waals surface area contributed by atoms with E-state index in [4.69, 9.17) is 11.6 Å². The molecule has 3 aromatic rings. The van der Waals surface area contributed by atoms with E-state index >= 15 is 0 Å². The van der Waals surface area contributed by atoms with Gasteiger partial charge in [0.1, 0.15) is 0 Å². The zero-order valence-electron chi connectivity index (χ0n) is 14.7. The van der Waals surface area contributed by atoms with Gasteiger partial charge >= 0.3 is 0 Å². The summed E-state index contributed by atoms with van der Waals surface area (Å²) in [4.78, 5) is 13.7. The van der Waals surface area contributed by atoms with Crippen molar-refractivity contribution in [2.24, 2.45) is 0 Å². The Labute approximate surface area is 165 Å². The Bertz CT molecular complexity index is 908. The molecule has 0 fully saturated rings. The summed E-state index contributed by atoms with van der Waals surface area (Å²) in [5, 5.41) is 14.6. The van der Waals surface area contributed by atoms with Gasteiger partial charge in [-0.05, 0) is 49.9 Å². The molecule has 0 spiro atoms. The van der Waals surface area contributed by atoms with Crippen LogP contribution in [0.1, 0.15) is 19.4 Å². The predicted molar refractivity (Wildman–Crippen MR) is 109 cm³/mol. The molecule has 8 heteroatoms. The minimum absolute atomic E-state index is 0.0938. The Kier molecular flexibility index (Phi) is 6.01. The lowest BCUT2D eigenvalue weighted by Crippen LogP contribution is -2.23. The van der Waals surface area contributed by atoms with E-state index in [0.717, 1.165) is 33.7 Å². The molecule has 0 radical (unpaired) electrons.